The highest BCUT2D eigenvalue weighted by molar-refractivity contribution is 6.30. The highest BCUT2D eigenvalue weighted by Gasteiger charge is 2.40. The van der Waals surface area contributed by atoms with E-state index >= 15 is 0 Å². The molecule has 0 aromatic heterocycles. The van der Waals surface area contributed by atoms with Gasteiger partial charge < -0.3 is 9.64 Å². The maximum Gasteiger partial charge on any atom is 0.264 e. The quantitative estimate of drug-likeness (QED) is 0.787. The molecule has 1 amide bonds. The Labute approximate surface area is 136 Å². The van der Waals surface area contributed by atoms with Gasteiger partial charge in [-0.05, 0) is 55.4 Å². The number of benzene rings is 1. The van der Waals surface area contributed by atoms with E-state index < -0.39 is 0 Å². The van der Waals surface area contributed by atoms with E-state index in [1.165, 1.54) is 32.1 Å². The molecular weight excluding hydrogens is 298 g/mol. The largest absolute Gasteiger partial charge is 0.480 e. The zero-order chi connectivity index (χ0) is 15.1. The van der Waals surface area contributed by atoms with Crippen LogP contribution in [0.4, 0.5) is 0 Å². The molecule has 1 aromatic rings. The number of halogens is 1. The second-order valence-corrected chi connectivity index (χ2v) is 7.28. The van der Waals surface area contributed by atoms with E-state index in [-0.39, 0.29) is 12.0 Å². The van der Waals surface area contributed by atoms with Crippen LogP contribution in [0.15, 0.2) is 18.2 Å². The molecule has 0 unspecified atom stereocenters. The number of fused-ring (bicyclic) bond motifs is 2. The highest BCUT2D eigenvalue weighted by Crippen LogP contribution is 2.37. The summed E-state index contributed by atoms with van der Waals surface area (Å²) in [6, 6.07) is 6.07. The van der Waals surface area contributed by atoms with Crippen molar-refractivity contribution in [3.8, 4) is 5.75 Å². The SMILES string of the molecule is O=C([C@@H]1Cc2cc(Cl)ccc2O1)N1CCC[C@H]2CCCC[C@@H]21. The molecule has 2 aliphatic heterocycles. The third-order valence-electron chi connectivity index (χ3n) is 5.50. The second-order valence-electron chi connectivity index (χ2n) is 6.85. The molecule has 118 valence electrons. The second kappa shape index (κ2) is 5.77. The van der Waals surface area contributed by atoms with E-state index in [0.29, 0.717) is 23.4 Å². The first-order chi connectivity index (χ1) is 10.7. The van der Waals surface area contributed by atoms with Crippen LogP contribution in [0, 0.1) is 5.92 Å². The summed E-state index contributed by atoms with van der Waals surface area (Å²) < 4.78 is 5.91. The standard InChI is InChI=1S/C18H22ClNO2/c19-14-7-8-16-13(10-14)11-17(22-16)18(21)20-9-3-5-12-4-1-2-6-15(12)20/h7-8,10,12,15,17H,1-6,9,11H2/t12-,15+,17+/m1/s1. The van der Waals surface area contributed by atoms with Crippen LogP contribution in [0.2, 0.25) is 5.02 Å². The summed E-state index contributed by atoms with van der Waals surface area (Å²) in [6.07, 6.45) is 7.77. The molecule has 2 fully saturated rings. The number of ether oxygens (including phenoxy) is 1. The Balaban J connectivity index is 1.50. The number of carbonyl (C=O) groups is 1. The summed E-state index contributed by atoms with van der Waals surface area (Å²) >= 11 is 6.04. The molecule has 0 radical (unpaired) electrons. The minimum Gasteiger partial charge on any atom is -0.480 e. The van der Waals surface area contributed by atoms with Crippen molar-refractivity contribution < 1.29 is 9.53 Å². The zero-order valence-corrected chi connectivity index (χ0v) is 13.5. The van der Waals surface area contributed by atoms with E-state index in [0.717, 1.165) is 24.3 Å². The van der Waals surface area contributed by atoms with Gasteiger partial charge in [0.25, 0.3) is 5.91 Å². The molecule has 3 atom stereocenters. The Bertz CT molecular complexity index is 586. The van der Waals surface area contributed by atoms with Gasteiger partial charge in [-0.2, -0.15) is 0 Å². The predicted molar refractivity (Wildman–Crippen MR) is 86.3 cm³/mol. The third kappa shape index (κ3) is 2.50. The first-order valence-electron chi connectivity index (χ1n) is 8.48. The Kier molecular flexibility index (Phi) is 3.77. The molecule has 1 aromatic carbocycles. The van der Waals surface area contributed by atoms with Crippen molar-refractivity contribution in [1.29, 1.82) is 0 Å². The average molecular weight is 320 g/mol. The van der Waals surface area contributed by atoms with Crippen LogP contribution in [0.3, 0.4) is 0 Å². The summed E-state index contributed by atoms with van der Waals surface area (Å²) in [5.74, 6) is 1.72. The fraction of sp³-hybridized carbons (Fsp3) is 0.611. The lowest BCUT2D eigenvalue weighted by molar-refractivity contribution is -0.144. The first kappa shape index (κ1) is 14.4. The molecule has 1 saturated carbocycles. The van der Waals surface area contributed by atoms with Crippen LogP contribution < -0.4 is 4.74 Å². The number of nitrogens with zero attached hydrogens (tertiary/aromatic N) is 1. The van der Waals surface area contributed by atoms with Gasteiger partial charge in [-0.1, -0.05) is 24.4 Å². The number of hydrogen-bond acceptors (Lipinski definition) is 2. The highest BCUT2D eigenvalue weighted by atomic mass is 35.5. The van der Waals surface area contributed by atoms with E-state index in [1.54, 1.807) is 0 Å². The fourth-order valence-electron chi connectivity index (χ4n) is 4.44. The number of piperidine rings is 1. The minimum absolute atomic E-state index is 0.184. The predicted octanol–water partition coefficient (Wildman–Crippen LogP) is 3.82. The molecular formula is C18H22ClNO2. The Morgan fingerprint density at radius 2 is 2.00 bits per heavy atom. The Morgan fingerprint density at radius 1 is 1.18 bits per heavy atom. The topological polar surface area (TPSA) is 29.5 Å². The van der Waals surface area contributed by atoms with Crippen molar-refractivity contribution in [2.24, 2.45) is 5.92 Å². The zero-order valence-electron chi connectivity index (χ0n) is 12.8. The molecule has 0 bridgehead atoms. The summed E-state index contributed by atoms with van der Waals surface area (Å²) in [4.78, 5) is 15.1. The van der Waals surface area contributed by atoms with Crippen molar-refractivity contribution in [1.82, 2.24) is 4.90 Å². The molecule has 3 aliphatic rings. The molecule has 4 heteroatoms. The normalized spacial score (nSPS) is 30.4. The number of rotatable bonds is 1. The molecule has 1 saturated heterocycles. The van der Waals surface area contributed by atoms with Crippen LogP contribution >= 0.6 is 11.6 Å². The molecule has 4 rings (SSSR count). The van der Waals surface area contributed by atoms with Gasteiger partial charge in [-0.25, -0.2) is 0 Å². The average Bonchev–Trinajstić information content (AvgIpc) is 2.96. The Morgan fingerprint density at radius 3 is 2.91 bits per heavy atom. The van der Waals surface area contributed by atoms with Crippen LogP contribution in [-0.4, -0.2) is 29.5 Å². The maximum atomic E-state index is 13.0. The fourth-order valence-corrected chi connectivity index (χ4v) is 4.63. The Hall–Kier alpha value is -1.22. The molecule has 1 aliphatic carbocycles. The van der Waals surface area contributed by atoms with Gasteiger partial charge in [-0.3, -0.25) is 4.79 Å². The summed E-state index contributed by atoms with van der Waals surface area (Å²) in [5.41, 5.74) is 1.06. The van der Waals surface area contributed by atoms with Crippen molar-refractivity contribution in [3.63, 3.8) is 0 Å². The van der Waals surface area contributed by atoms with Gasteiger partial charge in [0.1, 0.15) is 5.75 Å². The first-order valence-corrected chi connectivity index (χ1v) is 8.86. The molecule has 0 N–H and O–H groups in total. The van der Waals surface area contributed by atoms with E-state index in [4.69, 9.17) is 16.3 Å². The lowest BCUT2D eigenvalue weighted by atomic mass is 9.78. The van der Waals surface area contributed by atoms with Crippen molar-refractivity contribution >= 4 is 17.5 Å². The number of hydrogen-bond donors (Lipinski definition) is 0. The minimum atomic E-state index is -0.353. The van der Waals surface area contributed by atoms with E-state index in [2.05, 4.69) is 4.90 Å². The van der Waals surface area contributed by atoms with Crippen molar-refractivity contribution in [2.75, 3.05) is 6.54 Å². The lowest BCUT2D eigenvalue weighted by Crippen LogP contribution is -2.53. The molecule has 0 spiro atoms. The number of amides is 1. The smallest absolute Gasteiger partial charge is 0.264 e. The van der Waals surface area contributed by atoms with E-state index in [9.17, 15) is 4.79 Å². The van der Waals surface area contributed by atoms with Gasteiger partial charge in [0.2, 0.25) is 0 Å². The third-order valence-corrected chi connectivity index (χ3v) is 5.73. The van der Waals surface area contributed by atoms with Crippen LogP contribution in [0.1, 0.15) is 44.1 Å². The lowest BCUT2D eigenvalue weighted by Gasteiger charge is -2.44. The number of likely N-dealkylation sites (tertiary alicyclic amines) is 1. The maximum absolute atomic E-state index is 13.0. The number of carbonyl (C=O) groups excluding carboxylic acids is 1. The van der Waals surface area contributed by atoms with Gasteiger partial charge in [-0.15, -0.1) is 0 Å². The summed E-state index contributed by atoms with van der Waals surface area (Å²) in [6.45, 7) is 0.900. The molecule has 2 heterocycles. The summed E-state index contributed by atoms with van der Waals surface area (Å²) in [7, 11) is 0. The molecule has 3 nitrogen and oxygen atoms in total. The monoisotopic (exact) mass is 319 g/mol. The van der Waals surface area contributed by atoms with Crippen LogP contribution in [0.25, 0.3) is 0 Å². The van der Waals surface area contributed by atoms with Crippen LogP contribution in [0.5, 0.6) is 5.75 Å². The molecule has 22 heavy (non-hydrogen) atoms. The van der Waals surface area contributed by atoms with Gasteiger partial charge in [0.05, 0.1) is 0 Å². The van der Waals surface area contributed by atoms with Gasteiger partial charge in [0, 0.05) is 24.0 Å². The van der Waals surface area contributed by atoms with Crippen molar-refractivity contribution in [2.45, 2.75) is 57.1 Å². The van der Waals surface area contributed by atoms with Crippen molar-refractivity contribution in [3.05, 3.63) is 28.8 Å². The summed E-state index contributed by atoms with van der Waals surface area (Å²) in [5, 5.41) is 0.709. The van der Waals surface area contributed by atoms with Crippen LogP contribution in [-0.2, 0) is 11.2 Å². The van der Waals surface area contributed by atoms with Gasteiger partial charge >= 0.3 is 0 Å². The van der Waals surface area contributed by atoms with E-state index in [1.807, 2.05) is 18.2 Å². The van der Waals surface area contributed by atoms with Gasteiger partial charge in [0.15, 0.2) is 6.10 Å².